The van der Waals surface area contributed by atoms with Crippen molar-refractivity contribution in [1.82, 2.24) is 0 Å². The summed E-state index contributed by atoms with van der Waals surface area (Å²) >= 11 is 0. The fraction of sp³-hybridized carbons (Fsp3) is 0.500. The molecule has 3 N–H and O–H groups in total. The van der Waals surface area contributed by atoms with Crippen molar-refractivity contribution in [3.05, 3.63) is 60.8 Å². The molecule has 0 heterocycles. The molecule has 26 heavy (non-hydrogen) atoms. The van der Waals surface area contributed by atoms with Gasteiger partial charge < -0.3 is 15.3 Å². The van der Waals surface area contributed by atoms with Crippen LogP contribution >= 0.6 is 0 Å². The third-order valence-electron chi connectivity index (χ3n) is 3.65. The Labute approximate surface area is 157 Å². The molecule has 0 spiro atoms. The largest absolute Gasteiger partial charge is 0.481 e. The van der Waals surface area contributed by atoms with E-state index in [0.29, 0.717) is 6.42 Å². The number of aliphatic hydroxyl groups is 2. The lowest BCUT2D eigenvalue weighted by Crippen LogP contribution is -2.22. The Morgan fingerprint density at radius 1 is 0.885 bits per heavy atom. The molecule has 0 aliphatic heterocycles. The Kier molecular flexibility index (Phi) is 16.6. The molecule has 4 heteroatoms. The molecule has 2 unspecified atom stereocenters. The van der Waals surface area contributed by atoms with Gasteiger partial charge in [-0.25, -0.2) is 0 Å². The molecule has 4 nitrogen and oxygen atoms in total. The highest BCUT2D eigenvalue weighted by molar-refractivity contribution is 5.66. The van der Waals surface area contributed by atoms with Gasteiger partial charge in [-0.2, -0.15) is 0 Å². The molecular formula is C22H34O4. The molecule has 0 saturated carbocycles. The minimum absolute atomic E-state index is 0.263. The van der Waals surface area contributed by atoms with E-state index >= 15 is 0 Å². The first-order valence-corrected chi connectivity index (χ1v) is 9.45. The van der Waals surface area contributed by atoms with Crippen LogP contribution < -0.4 is 0 Å². The van der Waals surface area contributed by atoms with Gasteiger partial charge in [0.1, 0.15) is 0 Å². The summed E-state index contributed by atoms with van der Waals surface area (Å²) in [6.07, 6.45) is 23.7. The fourth-order valence-corrected chi connectivity index (χ4v) is 2.14. The average molecular weight is 363 g/mol. The number of carboxylic acids is 1. The summed E-state index contributed by atoms with van der Waals surface area (Å²) in [5.74, 6) is -0.719. The number of unbranched alkanes of at least 4 members (excludes halogenated alkanes) is 3. The summed E-state index contributed by atoms with van der Waals surface area (Å²) < 4.78 is 0. The van der Waals surface area contributed by atoms with Crippen LogP contribution in [0.2, 0.25) is 0 Å². The maximum Gasteiger partial charge on any atom is 0.303 e. The highest BCUT2D eigenvalue weighted by Gasteiger charge is 2.10. The maximum absolute atomic E-state index is 10.4. The van der Waals surface area contributed by atoms with Gasteiger partial charge in [-0.15, -0.1) is 0 Å². The predicted octanol–water partition coefficient (Wildman–Crippen LogP) is 4.71. The number of allylic oxidation sites excluding steroid dienone is 8. The van der Waals surface area contributed by atoms with Crippen molar-refractivity contribution >= 4 is 5.97 Å². The molecule has 0 aliphatic carbocycles. The zero-order chi connectivity index (χ0) is 19.5. The van der Waals surface area contributed by atoms with E-state index in [-0.39, 0.29) is 6.42 Å². The molecule has 0 aliphatic rings. The molecule has 146 valence electrons. The highest BCUT2D eigenvalue weighted by Crippen LogP contribution is 2.04. The number of aliphatic hydroxyl groups excluding tert-OH is 2. The number of carbonyl (C=O) groups is 1. The summed E-state index contributed by atoms with van der Waals surface area (Å²) in [5, 5.41) is 28.0. The van der Waals surface area contributed by atoms with Gasteiger partial charge >= 0.3 is 5.97 Å². The van der Waals surface area contributed by atoms with Crippen LogP contribution in [0.4, 0.5) is 0 Å². The molecule has 0 aromatic rings. The minimum Gasteiger partial charge on any atom is -0.481 e. The van der Waals surface area contributed by atoms with E-state index in [4.69, 9.17) is 5.11 Å². The lowest BCUT2D eigenvalue weighted by Gasteiger charge is -2.11. The second-order valence-electron chi connectivity index (χ2n) is 6.07. The fourth-order valence-electron chi connectivity index (χ4n) is 2.14. The zero-order valence-corrected chi connectivity index (χ0v) is 15.8. The van der Waals surface area contributed by atoms with E-state index in [2.05, 4.69) is 12.2 Å². The quantitative estimate of drug-likeness (QED) is 0.224. The standard InChI is InChI=1S/C22H34O4/c1-2-3-14-17-20(23)21(24)18-15-12-10-8-6-4-5-7-9-11-13-16-19-22(25)26/h3,5-8,10,12,14-15,18,20-21,23-24H,2,4,9,11,13,16-17,19H2,1H3,(H,25,26)/b7-5+,8-6+,12-10+,14-3+,18-15+. The van der Waals surface area contributed by atoms with Crippen LogP contribution in [0.1, 0.15) is 58.3 Å². The molecule has 0 aromatic carbocycles. The number of hydrogen-bond acceptors (Lipinski definition) is 3. The predicted molar refractivity (Wildman–Crippen MR) is 108 cm³/mol. The van der Waals surface area contributed by atoms with Crippen LogP contribution in [0.15, 0.2) is 60.8 Å². The van der Waals surface area contributed by atoms with E-state index in [1.807, 2.05) is 43.4 Å². The van der Waals surface area contributed by atoms with E-state index < -0.39 is 18.2 Å². The maximum atomic E-state index is 10.4. The first-order chi connectivity index (χ1) is 12.6. The first-order valence-electron chi connectivity index (χ1n) is 9.45. The van der Waals surface area contributed by atoms with Gasteiger partial charge in [0.2, 0.25) is 0 Å². The normalized spacial score (nSPS) is 15.2. The number of rotatable bonds is 15. The smallest absolute Gasteiger partial charge is 0.303 e. The number of carboxylic acid groups (broad SMARTS) is 1. The van der Waals surface area contributed by atoms with Crippen LogP contribution in [-0.4, -0.2) is 33.5 Å². The SMILES string of the molecule is CC/C=C/CC(O)C(O)/C=C/C=C/C=C/C/C=C/CCCCCC(=O)O. The van der Waals surface area contributed by atoms with Crippen LogP contribution in [-0.2, 0) is 4.79 Å². The molecule has 0 bridgehead atoms. The van der Waals surface area contributed by atoms with Gasteiger partial charge in [-0.05, 0) is 38.5 Å². The molecule has 0 rings (SSSR count). The third kappa shape index (κ3) is 16.9. The summed E-state index contributed by atoms with van der Waals surface area (Å²) in [6, 6.07) is 0. The summed E-state index contributed by atoms with van der Waals surface area (Å²) in [6.45, 7) is 2.03. The molecular weight excluding hydrogens is 328 g/mol. The van der Waals surface area contributed by atoms with Gasteiger partial charge in [-0.3, -0.25) is 4.79 Å². The molecule has 0 amide bonds. The van der Waals surface area contributed by atoms with Crippen molar-refractivity contribution in [2.24, 2.45) is 0 Å². The van der Waals surface area contributed by atoms with Crippen molar-refractivity contribution in [2.45, 2.75) is 70.5 Å². The van der Waals surface area contributed by atoms with Crippen LogP contribution in [0.25, 0.3) is 0 Å². The molecule has 0 aromatic heterocycles. The second-order valence-corrected chi connectivity index (χ2v) is 6.07. The van der Waals surface area contributed by atoms with Gasteiger partial charge in [0.05, 0.1) is 12.2 Å². The van der Waals surface area contributed by atoms with Crippen molar-refractivity contribution in [1.29, 1.82) is 0 Å². The Morgan fingerprint density at radius 3 is 2.38 bits per heavy atom. The third-order valence-corrected chi connectivity index (χ3v) is 3.65. The van der Waals surface area contributed by atoms with E-state index in [0.717, 1.165) is 38.5 Å². The molecule has 0 fully saturated rings. The van der Waals surface area contributed by atoms with Gasteiger partial charge in [0.25, 0.3) is 0 Å². The van der Waals surface area contributed by atoms with E-state index in [1.165, 1.54) is 0 Å². The van der Waals surface area contributed by atoms with Crippen LogP contribution in [0, 0.1) is 0 Å². The number of hydrogen-bond donors (Lipinski definition) is 3. The Hall–Kier alpha value is -1.91. The van der Waals surface area contributed by atoms with Crippen LogP contribution in [0.5, 0.6) is 0 Å². The summed E-state index contributed by atoms with van der Waals surface area (Å²) in [7, 11) is 0. The van der Waals surface area contributed by atoms with Crippen molar-refractivity contribution in [3.63, 3.8) is 0 Å². The number of aliphatic carboxylic acids is 1. The zero-order valence-electron chi connectivity index (χ0n) is 15.8. The topological polar surface area (TPSA) is 77.8 Å². The van der Waals surface area contributed by atoms with Crippen LogP contribution in [0.3, 0.4) is 0 Å². The van der Waals surface area contributed by atoms with Crippen molar-refractivity contribution in [2.75, 3.05) is 0 Å². The van der Waals surface area contributed by atoms with Crippen molar-refractivity contribution in [3.8, 4) is 0 Å². The van der Waals surface area contributed by atoms with E-state index in [9.17, 15) is 15.0 Å². The lowest BCUT2D eigenvalue weighted by molar-refractivity contribution is -0.137. The second kappa shape index (κ2) is 17.9. The Bertz CT molecular complexity index is 486. The Balaban J connectivity index is 3.75. The van der Waals surface area contributed by atoms with Gasteiger partial charge in [0, 0.05) is 6.42 Å². The van der Waals surface area contributed by atoms with Crippen molar-refractivity contribution < 1.29 is 20.1 Å². The molecule has 0 radical (unpaired) electrons. The average Bonchev–Trinajstić information content (AvgIpc) is 2.61. The molecule has 0 saturated heterocycles. The van der Waals surface area contributed by atoms with Gasteiger partial charge in [0.15, 0.2) is 0 Å². The first kappa shape index (κ1) is 24.1. The Morgan fingerprint density at radius 2 is 1.65 bits per heavy atom. The van der Waals surface area contributed by atoms with E-state index in [1.54, 1.807) is 12.2 Å². The summed E-state index contributed by atoms with van der Waals surface area (Å²) in [4.78, 5) is 10.4. The summed E-state index contributed by atoms with van der Waals surface area (Å²) in [5.41, 5.74) is 0. The monoisotopic (exact) mass is 362 g/mol. The van der Waals surface area contributed by atoms with Gasteiger partial charge in [-0.1, -0.05) is 74.1 Å². The minimum atomic E-state index is -0.858. The highest BCUT2D eigenvalue weighted by atomic mass is 16.4. The lowest BCUT2D eigenvalue weighted by atomic mass is 10.1. The molecule has 2 atom stereocenters.